The van der Waals surface area contributed by atoms with Gasteiger partial charge in [-0.1, -0.05) is 0 Å². The maximum absolute atomic E-state index is 5.41. The molecule has 1 fully saturated rings. The van der Waals surface area contributed by atoms with Crippen LogP contribution in [0.4, 0.5) is 0 Å². The summed E-state index contributed by atoms with van der Waals surface area (Å²) in [6, 6.07) is 2.18. The van der Waals surface area contributed by atoms with Crippen molar-refractivity contribution in [2.45, 2.75) is 25.3 Å². The molecule has 2 aromatic rings. The first-order valence-corrected chi connectivity index (χ1v) is 6.97. The van der Waals surface area contributed by atoms with E-state index in [1.54, 1.807) is 11.3 Å². The van der Waals surface area contributed by atoms with Crippen molar-refractivity contribution in [2.75, 3.05) is 13.2 Å². The zero-order valence-corrected chi connectivity index (χ0v) is 10.5. The number of nitrogens with zero attached hydrogens (tertiary/aromatic N) is 2. The van der Waals surface area contributed by atoms with Crippen LogP contribution in [-0.4, -0.2) is 22.8 Å². The molecule has 17 heavy (non-hydrogen) atoms. The Balaban J connectivity index is 1.78. The molecular weight excluding hydrogens is 232 g/mol. The third-order valence-corrected chi connectivity index (χ3v) is 4.00. The highest BCUT2D eigenvalue weighted by Gasteiger charge is 2.20. The van der Waals surface area contributed by atoms with Gasteiger partial charge in [0, 0.05) is 38.1 Å². The number of hydrogen-bond acceptors (Lipinski definition) is 3. The predicted molar refractivity (Wildman–Crippen MR) is 68.4 cm³/mol. The van der Waals surface area contributed by atoms with Gasteiger partial charge in [-0.15, -0.1) is 0 Å². The highest BCUT2D eigenvalue weighted by molar-refractivity contribution is 7.07. The second-order valence-electron chi connectivity index (χ2n) is 4.43. The third kappa shape index (κ3) is 2.42. The minimum Gasteiger partial charge on any atom is -0.381 e. The van der Waals surface area contributed by atoms with E-state index in [9.17, 15) is 0 Å². The summed E-state index contributed by atoms with van der Waals surface area (Å²) in [4.78, 5) is 4.53. The standard InChI is InChI=1S/C13H16N2OS/c1-6-16-7-2-12(1)13-14-4-5-15(13)9-11-3-8-17-10-11/h3-5,8,10,12H,1-2,6-7,9H2. The van der Waals surface area contributed by atoms with Crippen LogP contribution in [0.5, 0.6) is 0 Å². The fraction of sp³-hybridized carbons (Fsp3) is 0.462. The molecule has 1 aliphatic rings. The molecule has 0 aliphatic carbocycles. The molecule has 0 radical (unpaired) electrons. The van der Waals surface area contributed by atoms with E-state index >= 15 is 0 Å². The van der Waals surface area contributed by atoms with Crippen LogP contribution in [0.3, 0.4) is 0 Å². The van der Waals surface area contributed by atoms with Gasteiger partial charge in [-0.3, -0.25) is 0 Å². The van der Waals surface area contributed by atoms with Crippen molar-refractivity contribution < 1.29 is 4.74 Å². The molecule has 1 saturated heterocycles. The molecule has 2 aromatic heterocycles. The number of imidazole rings is 1. The first kappa shape index (κ1) is 11.0. The van der Waals surface area contributed by atoms with Crippen LogP contribution in [0.15, 0.2) is 29.2 Å². The topological polar surface area (TPSA) is 27.1 Å². The number of aromatic nitrogens is 2. The van der Waals surface area contributed by atoms with Crippen LogP contribution in [0, 0.1) is 0 Å². The zero-order valence-electron chi connectivity index (χ0n) is 9.71. The molecule has 4 heteroatoms. The Kier molecular flexibility index (Phi) is 3.25. The molecule has 0 atom stereocenters. The van der Waals surface area contributed by atoms with E-state index in [4.69, 9.17) is 4.74 Å². The largest absolute Gasteiger partial charge is 0.381 e. The highest BCUT2D eigenvalue weighted by atomic mass is 32.1. The maximum atomic E-state index is 5.41. The predicted octanol–water partition coefficient (Wildman–Crippen LogP) is 2.89. The van der Waals surface area contributed by atoms with Crippen molar-refractivity contribution >= 4 is 11.3 Å². The van der Waals surface area contributed by atoms with E-state index in [1.807, 2.05) is 6.20 Å². The number of rotatable bonds is 3. The van der Waals surface area contributed by atoms with Crippen LogP contribution < -0.4 is 0 Å². The van der Waals surface area contributed by atoms with Crippen LogP contribution in [-0.2, 0) is 11.3 Å². The van der Waals surface area contributed by atoms with E-state index in [-0.39, 0.29) is 0 Å². The van der Waals surface area contributed by atoms with Gasteiger partial charge in [-0.2, -0.15) is 11.3 Å². The normalized spacial score (nSPS) is 17.4. The lowest BCUT2D eigenvalue weighted by Crippen LogP contribution is -2.18. The highest BCUT2D eigenvalue weighted by Crippen LogP contribution is 2.26. The van der Waals surface area contributed by atoms with Gasteiger partial charge in [-0.05, 0) is 35.2 Å². The first-order valence-electron chi connectivity index (χ1n) is 6.03. The fourth-order valence-corrected chi connectivity index (χ4v) is 3.01. The smallest absolute Gasteiger partial charge is 0.112 e. The molecular formula is C13H16N2OS. The Morgan fingerprint density at radius 1 is 1.41 bits per heavy atom. The van der Waals surface area contributed by atoms with Crippen molar-refractivity contribution in [3.8, 4) is 0 Å². The Bertz CT molecular complexity index is 457. The van der Waals surface area contributed by atoms with E-state index in [0.29, 0.717) is 5.92 Å². The second kappa shape index (κ2) is 5.02. The van der Waals surface area contributed by atoms with Crippen LogP contribution in [0.2, 0.25) is 0 Å². The van der Waals surface area contributed by atoms with Gasteiger partial charge in [0.25, 0.3) is 0 Å². The summed E-state index contributed by atoms with van der Waals surface area (Å²) in [5.74, 6) is 1.79. The lowest BCUT2D eigenvalue weighted by atomic mass is 9.99. The molecule has 0 spiro atoms. The Labute approximate surface area is 105 Å². The molecule has 0 amide bonds. The van der Waals surface area contributed by atoms with E-state index < -0.39 is 0 Å². The number of hydrogen-bond donors (Lipinski definition) is 0. The molecule has 90 valence electrons. The minimum atomic E-state index is 0.567. The fourth-order valence-electron chi connectivity index (χ4n) is 2.35. The lowest BCUT2D eigenvalue weighted by molar-refractivity contribution is 0.0829. The Morgan fingerprint density at radius 3 is 3.06 bits per heavy atom. The van der Waals surface area contributed by atoms with Gasteiger partial charge in [0.15, 0.2) is 0 Å². The summed E-state index contributed by atoms with van der Waals surface area (Å²) >= 11 is 1.75. The molecule has 0 unspecified atom stereocenters. The van der Waals surface area contributed by atoms with Gasteiger partial charge in [0.05, 0.1) is 0 Å². The summed E-state index contributed by atoms with van der Waals surface area (Å²) < 4.78 is 7.68. The molecule has 0 N–H and O–H groups in total. The van der Waals surface area contributed by atoms with Crippen molar-refractivity contribution in [3.05, 3.63) is 40.6 Å². The van der Waals surface area contributed by atoms with Crippen molar-refractivity contribution in [1.29, 1.82) is 0 Å². The molecule has 3 heterocycles. The summed E-state index contributed by atoms with van der Waals surface area (Å²) in [5.41, 5.74) is 1.36. The lowest BCUT2D eigenvalue weighted by Gasteiger charge is -2.22. The average Bonchev–Trinajstić information content (AvgIpc) is 3.02. The molecule has 0 bridgehead atoms. The Morgan fingerprint density at radius 2 is 2.29 bits per heavy atom. The SMILES string of the molecule is c1cn(Cc2ccsc2)c(C2CCOCC2)n1. The van der Waals surface area contributed by atoms with Crippen LogP contribution in [0.25, 0.3) is 0 Å². The third-order valence-electron chi connectivity index (χ3n) is 3.27. The molecule has 1 aliphatic heterocycles. The quantitative estimate of drug-likeness (QED) is 0.835. The van der Waals surface area contributed by atoms with Gasteiger partial charge >= 0.3 is 0 Å². The van der Waals surface area contributed by atoms with Crippen molar-refractivity contribution in [1.82, 2.24) is 9.55 Å². The summed E-state index contributed by atoms with van der Waals surface area (Å²) in [5, 5.41) is 4.33. The maximum Gasteiger partial charge on any atom is 0.112 e. The van der Waals surface area contributed by atoms with E-state index in [0.717, 1.165) is 32.6 Å². The van der Waals surface area contributed by atoms with E-state index in [2.05, 4.69) is 32.6 Å². The van der Waals surface area contributed by atoms with Crippen molar-refractivity contribution in [2.24, 2.45) is 0 Å². The van der Waals surface area contributed by atoms with Gasteiger partial charge in [-0.25, -0.2) is 4.98 Å². The van der Waals surface area contributed by atoms with Gasteiger partial charge in [0.2, 0.25) is 0 Å². The minimum absolute atomic E-state index is 0.567. The molecule has 0 aromatic carbocycles. The molecule has 3 nitrogen and oxygen atoms in total. The van der Waals surface area contributed by atoms with Crippen LogP contribution in [0.1, 0.15) is 30.1 Å². The summed E-state index contributed by atoms with van der Waals surface area (Å²) in [7, 11) is 0. The number of ether oxygens (including phenoxy) is 1. The Hall–Kier alpha value is -1.13. The first-order chi connectivity index (χ1) is 8.43. The van der Waals surface area contributed by atoms with Gasteiger partial charge in [0.1, 0.15) is 5.82 Å². The average molecular weight is 248 g/mol. The summed E-state index contributed by atoms with van der Waals surface area (Å²) in [6.45, 7) is 2.68. The van der Waals surface area contributed by atoms with Crippen LogP contribution >= 0.6 is 11.3 Å². The zero-order chi connectivity index (χ0) is 11.5. The van der Waals surface area contributed by atoms with E-state index in [1.165, 1.54) is 11.4 Å². The monoisotopic (exact) mass is 248 g/mol. The molecule has 0 saturated carbocycles. The second-order valence-corrected chi connectivity index (χ2v) is 5.21. The van der Waals surface area contributed by atoms with Crippen molar-refractivity contribution in [3.63, 3.8) is 0 Å². The number of thiophene rings is 1. The molecule has 3 rings (SSSR count). The summed E-state index contributed by atoms with van der Waals surface area (Å²) in [6.07, 6.45) is 6.20. The van der Waals surface area contributed by atoms with Gasteiger partial charge < -0.3 is 9.30 Å².